The fraction of sp³-hybridized carbons (Fsp3) is 0.214. The molecule has 0 radical (unpaired) electrons. The normalized spacial score (nSPS) is 11.3. The van der Waals surface area contributed by atoms with Crippen molar-refractivity contribution in [1.29, 1.82) is 0 Å². The zero-order valence-corrected chi connectivity index (χ0v) is 10.1. The van der Waals surface area contributed by atoms with Crippen LogP contribution in [-0.2, 0) is 12.6 Å². The molecule has 100 valence electrons. The van der Waals surface area contributed by atoms with Gasteiger partial charge < -0.3 is 5.32 Å². The zero-order chi connectivity index (χ0) is 13.7. The van der Waals surface area contributed by atoms with Crippen LogP contribution in [0.3, 0.4) is 0 Å². The van der Waals surface area contributed by atoms with Gasteiger partial charge >= 0.3 is 6.18 Å². The number of rotatable bonds is 4. The highest BCUT2D eigenvalue weighted by Crippen LogP contribution is 2.29. The second-order valence-electron chi connectivity index (χ2n) is 4.09. The number of nitrogens with one attached hydrogen (secondary N) is 1. The summed E-state index contributed by atoms with van der Waals surface area (Å²) in [4.78, 5) is 3.87. The molecule has 0 unspecified atom stereocenters. The van der Waals surface area contributed by atoms with Crippen LogP contribution in [0.2, 0.25) is 0 Å². The zero-order valence-electron chi connectivity index (χ0n) is 10.1. The third-order valence-corrected chi connectivity index (χ3v) is 2.65. The van der Waals surface area contributed by atoms with Crippen LogP contribution >= 0.6 is 0 Å². The van der Waals surface area contributed by atoms with E-state index in [0.717, 1.165) is 30.3 Å². The van der Waals surface area contributed by atoms with E-state index < -0.39 is 11.7 Å². The van der Waals surface area contributed by atoms with Gasteiger partial charge in [-0.05, 0) is 24.1 Å². The highest BCUT2D eigenvalue weighted by molar-refractivity contribution is 5.38. The predicted molar refractivity (Wildman–Crippen MR) is 67.9 cm³/mol. The molecule has 0 fully saturated rings. The Morgan fingerprint density at radius 2 is 1.79 bits per heavy atom. The lowest BCUT2D eigenvalue weighted by Gasteiger charge is -2.09. The van der Waals surface area contributed by atoms with E-state index in [9.17, 15) is 13.2 Å². The molecule has 0 spiro atoms. The van der Waals surface area contributed by atoms with Crippen LogP contribution in [-0.4, -0.2) is 11.5 Å². The van der Waals surface area contributed by atoms with Gasteiger partial charge in [0.25, 0.3) is 0 Å². The fourth-order valence-corrected chi connectivity index (χ4v) is 1.68. The number of hydrogen-bond donors (Lipinski definition) is 1. The van der Waals surface area contributed by atoms with Crippen molar-refractivity contribution in [3.05, 3.63) is 59.8 Å². The number of anilines is 1. The van der Waals surface area contributed by atoms with Gasteiger partial charge in [0.2, 0.25) is 0 Å². The lowest BCUT2D eigenvalue weighted by atomic mass is 10.1. The Morgan fingerprint density at radius 3 is 2.47 bits per heavy atom. The predicted octanol–water partition coefficient (Wildman–Crippen LogP) is 3.76. The van der Waals surface area contributed by atoms with Gasteiger partial charge in [-0.25, -0.2) is 4.98 Å². The molecule has 0 aliphatic rings. The SMILES string of the molecule is FC(F)(F)c1ccnc(NCCc2ccccc2)c1. The van der Waals surface area contributed by atoms with Gasteiger partial charge in [-0.2, -0.15) is 13.2 Å². The number of nitrogens with zero attached hydrogens (tertiary/aromatic N) is 1. The molecule has 2 nitrogen and oxygen atoms in total. The summed E-state index contributed by atoms with van der Waals surface area (Å²) in [6.07, 6.45) is -2.44. The molecule has 0 saturated carbocycles. The summed E-state index contributed by atoms with van der Waals surface area (Å²) in [7, 11) is 0. The Bertz CT molecular complexity index is 524. The molecular formula is C14H13F3N2. The maximum atomic E-state index is 12.5. The quantitative estimate of drug-likeness (QED) is 0.911. The molecular weight excluding hydrogens is 253 g/mol. The summed E-state index contributed by atoms with van der Waals surface area (Å²) >= 11 is 0. The number of alkyl halides is 3. The first-order valence-electron chi connectivity index (χ1n) is 5.87. The third-order valence-electron chi connectivity index (χ3n) is 2.65. The second-order valence-corrected chi connectivity index (χ2v) is 4.09. The lowest BCUT2D eigenvalue weighted by Crippen LogP contribution is -2.09. The van der Waals surface area contributed by atoms with Gasteiger partial charge in [-0.15, -0.1) is 0 Å². The van der Waals surface area contributed by atoms with E-state index in [0.29, 0.717) is 6.54 Å². The smallest absolute Gasteiger partial charge is 0.370 e. The molecule has 1 aromatic heterocycles. The van der Waals surface area contributed by atoms with Crippen LogP contribution in [0.1, 0.15) is 11.1 Å². The van der Waals surface area contributed by atoms with Crippen LogP contribution in [0.5, 0.6) is 0 Å². The number of halogens is 3. The van der Waals surface area contributed by atoms with Gasteiger partial charge in [0.15, 0.2) is 0 Å². The Labute approximate surface area is 109 Å². The molecule has 5 heteroatoms. The summed E-state index contributed by atoms with van der Waals surface area (Å²) in [5.74, 6) is 0.241. The monoisotopic (exact) mass is 266 g/mol. The third kappa shape index (κ3) is 3.98. The molecule has 0 atom stereocenters. The molecule has 0 bridgehead atoms. The summed E-state index contributed by atoms with van der Waals surface area (Å²) in [5, 5.41) is 2.89. The van der Waals surface area contributed by atoms with Gasteiger partial charge in [-0.3, -0.25) is 0 Å². The van der Waals surface area contributed by atoms with E-state index in [1.807, 2.05) is 30.3 Å². The molecule has 19 heavy (non-hydrogen) atoms. The van der Waals surface area contributed by atoms with Crippen molar-refractivity contribution in [1.82, 2.24) is 4.98 Å². The van der Waals surface area contributed by atoms with Crippen LogP contribution in [0.25, 0.3) is 0 Å². The Morgan fingerprint density at radius 1 is 1.05 bits per heavy atom. The van der Waals surface area contributed by atoms with Gasteiger partial charge in [0.05, 0.1) is 5.56 Å². The topological polar surface area (TPSA) is 24.9 Å². The van der Waals surface area contributed by atoms with Crippen molar-refractivity contribution in [3.8, 4) is 0 Å². The van der Waals surface area contributed by atoms with E-state index in [1.165, 1.54) is 0 Å². The van der Waals surface area contributed by atoms with E-state index >= 15 is 0 Å². The standard InChI is InChI=1S/C14H13F3N2/c15-14(16,17)12-7-9-19-13(10-12)18-8-6-11-4-2-1-3-5-11/h1-5,7,9-10H,6,8H2,(H,18,19). The van der Waals surface area contributed by atoms with Crippen LogP contribution in [0, 0.1) is 0 Å². The largest absolute Gasteiger partial charge is 0.416 e. The number of hydrogen-bond acceptors (Lipinski definition) is 2. The molecule has 0 saturated heterocycles. The summed E-state index contributed by atoms with van der Waals surface area (Å²) in [5.41, 5.74) is 0.437. The lowest BCUT2D eigenvalue weighted by molar-refractivity contribution is -0.137. The van der Waals surface area contributed by atoms with Crippen molar-refractivity contribution in [2.24, 2.45) is 0 Å². The number of benzene rings is 1. The van der Waals surface area contributed by atoms with Gasteiger partial charge in [0.1, 0.15) is 5.82 Å². The van der Waals surface area contributed by atoms with E-state index in [2.05, 4.69) is 10.3 Å². The van der Waals surface area contributed by atoms with E-state index in [1.54, 1.807) is 0 Å². The van der Waals surface area contributed by atoms with Crippen LogP contribution in [0.4, 0.5) is 19.0 Å². The first-order chi connectivity index (χ1) is 9.05. The van der Waals surface area contributed by atoms with Crippen molar-refractivity contribution in [3.63, 3.8) is 0 Å². The molecule has 1 aromatic carbocycles. The maximum Gasteiger partial charge on any atom is 0.416 e. The maximum absolute atomic E-state index is 12.5. The van der Waals surface area contributed by atoms with Crippen molar-refractivity contribution in [2.45, 2.75) is 12.6 Å². The molecule has 2 rings (SSSR count). The summed E-state index contributed by atoms with van der Waals surface area (Å²) in [6, 6.07) is 11.7. The minimum absolute atomic E-state index is 0.241. The first kappa shape index (κ1) is 13.4. The fourth-order valence-electron chi connectivity index (χ4n) is 1.68. The summed E-state index contributed by atoms with van der Waals surface area (Å²) in [6.45, 7) is 0.540. The molecule has 1 N–H and O–H groups in total. The summed E-state index contributed by atoms with van der Waals surface area (Å²) < 4.78 is 37.5. The minimum atomic E-state index is -4.33. The van der Waals surface area contributed by atoms with Crippen molar-refractivity contribution < 1.29 is 13.2 Å². The minimum Gasteiger partial charge on any atom is -0.370 e. The van der Waals surface area contributed by atoms with Crippen LogP contribution in [0.15, 0.2) is 48.7 Å². The Hall–Kier alpha value is -2.04. The number of pyridine rings is 1. The molecule has 1 heterocycles. The van der Waals surface area contributed by atoms with Crippen molar-refractivity contribution in [2.75, 3.05) is 11.9 Å². The van der Waals surface area contributed by atoms with Gasteiger partial charge in [0, 0.05) is 12.7 Å². The van der Waals surface area contributed by atoms with E-state index in [4.69, 9.17) is 0 Å². The molecule has 0 aliphatic carbocycles. The highest BCUT2D eigenvalue weighted by Gasteiger charge is 2.30. The number of aromatic nitrogens is 1. The molecule has 0 aliphatic heterocycles. The van der Waals surface area contributed by atoms with E-state index in [-0.39, 0.29) is 5.82 Å². The van der Waals surface area contributed by atoms with Gasteiger partial charge in [-0.1, -0.05) is 30.3 Å². The molecule has 0 amide bonds. The van der Waals surface area contributed by atoms with Crippen molar-refractivity contribution >= 4 is 5.82 Å². The molecule has 2 aromatic rings. The Kier molecular flexibility index (Phi) is 4.04. The van der Waals surface area contributed by atoms with Crippen LogP contribution < -0.4 is 5.32 Å². The Balaban J connectivity index is 1.93. The first-order valence-corrected chi connectivity index (χ1v) is 5.87. The second kappa shape index (κ2) is 5.73. The average molecular weight is 266 g/mol. The highest BCUT2D eigenvalue weighted by atomic mass is 19.4. The average Bonchev–Trinajstić information content (AvgIpc) is 2.39.